The molecule has 2 nitrogen and oxygen atoms in total. The molecule has 0 N–H and O–H groups in total. The highest BCUT2D eigenvalue weighted by Gasteiger charge is 2.10. The zero-order valence-corrected chi connectivity index (χ0v) is 9.52. The van der Waals surface area contributed by atoms with Gasteiger partial charge in [0.05, 0.1) is 0 Å². The molecule has 0 fully saturated rings. The van der Waals surface area contributed by atoms with Crippen LogP contribution < -0.4 is 4.74 Å². The van der Waals surface area contributed by atoms with Gasteiger partial charge in [-0.1, -0.05) is 36.4 Å². The molecule has 0 heterocycles. The van der Waals surface area contributed by atoms with E-state index in [1.165, 1.54) is 0 Å². The second-order valence-corrected chi connectivity index (χ2v) is 3.70. The van der Waals surface area contributed by atoms with Crippen molar-refractivity contribution in [3.63, 3.8) is 0 Å². The topological polar surface area (TPSA) is 18.5 Å². The zero-order chi connectivity index (χ0) is 11.2. The molecule has 0 aliphatic heterocycles. The van der Waals surface area contributed by atoms with Crippen molar-refractivity contribution >= 4 is 17.5 Å². The van der Waals surface area contributed by atoms with Crippen LogP contribution in [0.5, 0.6) is 5.75 Å². The van der Waals surface area contributed by atoms with Crippen molar-refractivity contribution in [2.45, 2.75) is 12.5 Å². The Kier molecular flexibility index (Phi) is 3.72. The molecule has 1 atom stereocenters. The van der Waals surface area contributed by atoms with Gasteiger partial charge in [-0.15, -0.1) is 0 Å². The summed E-state index contributed by atoms with van der Waals surface area (Å²) in [7, 11) is 0. The number of para-hydroxylation sites is 1. The van der Waals surface area contributed by atoms with Gasteiger partial charge in [-0.2, -0.15) is 0 Å². The molecular formula is C13H12O2S. The van der Waals surface area contributed by atoms with Gasteiger partial charge in [-0.25, -0.2) is 0 Å². The number of hydrogen-bond acceptors (Lipinski definition) is 3. The molecule has 0 unspecified atom stereocenters. The number of benzene rings is 1. The van der Waals surface area contributed by atoms with Crippen LogP contribution in [0, 0.1) is 0 Å². The van der Waals surface area contributed by atoms with Crippen LogP contribution in [0.25, 0.3) is 0 Å². The van der Waals surface area contributed by atoms with Gasteiger partial charge in [0, 0.05) is 18.6 Å². The summed E-state index contributed by atoms with van der Waals surface area (Å²) in [5.41, 5.74) is 0. The first-order valence-corrected chi connectivity index (χ1v) is 5.52. The maximum Gasteiger partial charge on any atom is 0.358 e. The molecule has 1 aliphatic carbocycles. The van der Waals surface area contributed by atoms with Crippen molar-refractivity contribution in [1.29, 1.82) is 0 Å². The lowest BCUT2D eigenvalue weighted by Crippen LogP contribution is -2.19. The van der Waals surface area contributed by atoms with E-state index in [0.29, 0.717) is 5.75 Å². The van der Waals surface area contributed by atoms with E-state index in [1.54, 1.807) is 0 Å². The van der Waals surface area contributed by atoms with Gasteiger partial charge in [-0.05, 0) is 18.2 Å². The third kappa shape index (κ3) is 3.21. The molecule has 0 amide bonds. The quantitative estimate of drug-likeness (QED) is 0.729. The summed E-state index contributed by atoms with van der Waals surface area (Å²) < 4.78 is 10.8. The first-order valence-electron chi connectivity index (χ1n) is 5.11. The number of rotatable bonds is 2. The minimum atomic E-state index is -0.0128. The van der Waals surface area contributed by atoms with Crippen molar-refractivity contribution in [1.82, 2.24) is 0 Å². The summed E-state index contributed by atoms with van der Waals surface area (Å²) in [4.78, 5) is 0. The monoisotopic (exact) mass is 232 g/mol. The van der Waals surface area contributed by atoms with E-state index in [2.05, 4.69) is 0 Å². The third-order valence-electron chi connectivity index (χ3n) is 2.13. The highest BCUT2D eigenvalue weighted by atomic mass is 32.1. The van der Waals surface area contributed by atoms with Gasteiger partial charge in [0.1, 0.15) is 11.9 Å². The van der Waals surface area contributed by atoms with Gasteiger partial charge in [0.2, 0.25) is 0 Å². The van der Waals surface area contributed by atoms with Crippen LogP contribution in [-0.2, 0) is 4.74 Å². The van der Waals surface area contributed by atoms with E-state index in [-0.39, 0.29) is 11.3 Å². The third-order valence-corrected chi connectivity index (χ3v) is 2.31. The summed E-state index contributed by atoms with van der Waals surface area (Å²) in [5.74, 6) is 0.697. The van der Waals surface area contributed by atoms with E-state index >= 15 is 0 Å². The van der Waals surface area contributed by atoms with Crippen LogP contribution in [-0.4, -0.2) is 11.3 Å². The molecule has 16 heavy (non-hydrogen) atoms. The maximum absolute atomic E-state index is 5.47. The molecule has 82 valence electrons. The normalized spacial score (nSPS) is 18.1. The summed E-state index contributed by atoms with van der Waals surface area (Å²) in [6.45, 7) is 0. The maximum atomic E-state index is 5.47. The summed E-state index contributed by atoms with van der Waals surface area (Å²) >= 11 is 5.01. The summed E-state index contributed by atoms with van der Waals surface area (Å²) in [5, 5.41) is 0.163. The van der Waals surface area contributed by atoms with Gasteiger partial charge in [-0.3, -0.25) is 0 Å². The molecule has 0 saturated carbocycles. The van der Waals surface area contributed by atoms with Crippen LogP contribution in [0.15, 0.2) is 54.6 Å². The largest absolute Gasteiger partial charge is 0.449 e. The number of ether oxygens (including phenoxy) is 2. The van der Waals surface area contributed by atoms with E-state index < -0.39 is 0 Å². The van der Waals surface area contributed by atoms with Crippen LogP contribution in [0.4, 0.5) is 0 Å². The Bertz CT molecular complexity index is 409. The highest BCUT2D eigenvalue weighted by Crippen LogP contribution is 2.12. The fourth-order valence-corrected chi connectivity index (χ4v) is 1.60. The smallest absolute Gasteiger partial charge is 0.358 e. The zero-order valence-electron chi connectivity index (χ0n) is 8.71. The van der Waals surface area contributed by atoms with Crippen molar-refractivity contribution in [3.8, 4) is 5.75 Å². The fourth-order valence-electron chi connectivity index (χ4n) is 1.38. The molecule has 1 aliphatic rings. The average molecular weight is 232 g/mol. The molecule has 1 aromatic carbocycles. The highest BCUT2D eigenvalue weighted by molar-refractivity contribution is 7.79. The summed E-state index contributed by atoms with van der Waals surface area (Å²) in [6.07, 6.45) is 8.74. The van der Waals surface area contributed by atoms with Crippen LogP contribution in [0.1, 0.15) is 6.42 Å². The minimum Gasteiger partial charge on any atom is -0.449 e. The van der Waals surface area contributed by atoms with Gasteiger partial charge < -0.3 is 9.47 Å². The van der Waals surface area contributed by atoms with Crippen molar-refractivity contribution < 1.29 is 9.47 Å². The Morgan fingerprint density at radius 3 is 2.69 bits per heavy atom. The Hall–Kier alpha value is -1.61. The molecule has 1 aromatic rings. The van der Waals surface area contributed by atoms with Crippen molar-refractivity contribution in [2.24, 2.45) is 0 Å². The van der Waals surface area contributed by atoms with Crippen molar-refractivity contribution in [3.05, 3.63) is 54.6 Å². The first kappa shape index (κ1) is 10.9. The van der Waals surface area contributed by atoms with E-state index in [0.717, 1.165) is 6.42 Å². The van der Waals surface area contributed by atoms with Gasteiger partial charge in [0.15, 0.2) is 0 Å². The Morgan fingerprint density at radius 2 is 2.00 bits per heavy atom. The average Bonchev–Trinajstić information content (AvgIpc) is 2.31. The first-order chi connectivity index (χ1) is 7.84. The van der Waals surface area contributed by atoms with Crippen LogP contribution >= 0.6 is 12.2 Å². The standard InChI is InChI=1S/C13H12O2S/c16-13(14-11-7-3-1-4-8-11)15-12-9-5-2-6-10-12/h1-9,12H,10H2/t12-/m1/s1. The predicted octanol–water partition coefficient (Wildman–Crippen LogP) is 3.25. The summed E-state index contributed by atoms with van der Waals surface area (Å²) in [6, 6.07) is 9.38. The second-order valence-electron chi connectivity index (χ2n) is 3.37. The molecule has 0 spiro atoms. The Labute approximate surface area is 100 Å². The Morgan fingerprint density at radius 1 is 1.19 bits per heavy atom. The lowest BCUT2D eigenvalue weighted by molar-refractivity contribution is 0.196. The second kappa shape index (κ2) is 5.47. The predicted molar refractivity (Wildman–Crippen MR) is 67.4 cm³/mol. The molecule has 0 saturated heterocycles. The van der Waals surface area contributed by atoms with Gasteiger partial charge >= 0.3 is 5.24 Å². The van der Waals surface area contributed by atoms with E-state index in [4.69, 9.17) is 21.7 Å². The van der Waals surface area contributed by atoms with E-state index in [9.17, 15) is 0 Å². The molecule has 0 radical (unpaired) electrons. The molecular weight excluding hydrogens is 220 g/mol. The Balaban J connectivity index is 1.85. The molecule has 0 aromatic heterocycles. The number of hydrogen-bond donors (Lipinski definition) is 0. The van der Waals surface area contributed by atoms with Crippen molar-refractivity contribution in [2.75, 3.05) is 0 Å². The molecule has 3 heteroatoms. The van der Waals surface area contributed by atoms with Crippen LogP contribution in [0.2, 0.25) is 0 Å². The van der Waals surface area contributed by atoms with Crippen LogP contribution in [0.3, 0.4) is 0 Å². The minimum absolute atomic E-state index is 0.0128. The SMILES string of the molecule is S=C(Oc1ccccc1)O[C@@H]1C=CC=CC1. The molecule has 0 bridgehead atoms. The number of thiocarbonyl (C=S) groups is 1. The fraction of sp³-hybridized carbons (Fsp3) is 0.154. The lowest BCUT2D eigenvalue weighted by Gasteiger charge is -2.16. The lowest BCUT2D eigenvalue weighted by atomic mass is 10.1. The van der Waals surface area contributed by atoms with E-state index in [1.807, 2.05) is 54.6 Å². The van der Waals surface area contributed by atoms with Gasteiger partial charge in [0.25, 0.3) is 0 Å². The molecule has 2 rings (SSSR count). The number of allylic oxidation sites excluding steroid dienone is 2.